The molecular weight excluding hydrogens is 292 g/mol. The lowest BCUT2D eigenvalue weighted by Gasteiger charge is -2.27. The second-order valence-electron chi connectivity index (χ2n) is 6.43. The van der Waals surface area contributed by atoms with Crippen molar-refractivity contribution in [1.29, 1.82) is 5.26 Å². The Balaban J connectivity index is 1.92. The molecule has 0 radical (unpaired) electrons. The fourth-order valence-corrected chi connectivity index (χ4v) is 2.54. The molecule has 5 nitrogen and oxygen atoms in total. The van der Waals surface area contributed by atoms with Crippen LogP contribution in [0.3, 0.4) is 0 Å². The molecule has 1 aromatic carbocycles. The van der Waals surface area contributed by atoms with E-state index in [-0.39, 0.29) is 12.5 Å². The molecule has 0 spiro atoms. The lowest BCUT2D eigenvalue weighted by atomic mass is 9.90. The van der Waals surface area contributed by atoms with Crippen molar-refractivity contribution >= 4 is 11.9 Å². The van der Waals surface area contributed by atoms with E-state index in [2.05, 4.69) is 11.4 Å². The highest BCUT2D eigenvalue weighted by Crippen LogP contribution is 2.23. The Labute approximate surface area is 136 Å². The first-order valence-electron chi connectivity index (χ1n) is 7.87. The second kappa shape index (κ2) is 6.82. The van der Waals surface area contributed by atoms with Gasteiger partial charge in [0.1, 0.15) is 5.54 Å². The first-order valence-corrected chi connectivity index (χ1v) is 7.87. The van der Waals surface area contributed by atoms with Crippen LogP contribution in [0.4, 0.5) is 0 Å². The second-order valence-corrected chi connectivity index (χ2v) is 6.43. The van der Waals surface area contributed by atoms with Gasteiger partial charge in [0.05, 0.1) is 11.6 Å². The van der Waals surface area contributed by atoms with Gasteiger partial charge in [-0.1, -0.05) is 19.9 Å². The quantitative estimate of drug-likeness (QED) is 0.846. The summed E-state index contributed by atoms with van der Waals surface area (Å²) in [6, 6.07) is 7.61. The molecule has 1 N–H and O–H groups in total. The maximum absolute atomic E-state index is 12.1. The predicted octanol–water partition coefficient (Wildman–Crippen LogP) is 2.39. The molecule has 1 aliphatic carbocycles. The molecular formula is C18H22N2O3. The Morgan fingerprint density at radius 3 is 2.70 bits per heavy atom. The molecule has 1 amide bonds. The van der Waals surface area contributed by atoms with E-state index in [1.54, 1.807) is 13.0 Å². The SMILES string of the molecule is CC(C)[C@](C)(C#N)NC(=O)COC(=O)c1ccc2c(c1)CCC2. The van der Waals surface area contributed by atoms with E-state index >= 15 is 0 Å². The van der Waals surface area contributed by atoms with Crippen molar-refractivity contribution in [3.05, 3.63) is 34.9 Å². The average molecular weight is 314 g/mol. The minimum atomic E-state index is -0.975. The topological polar surface area (TPSA) is 79.2 Å². The lowest BCUT2D eigenvalue weighted by molar-refractivity contribution is -0.125. The van der Waals surface area contributed by atoms with Gasteiger partial charge in [0.15, 0.2) is 6.61 Å². The number of aryl methyl sites for hydroxylation is 2. The van der Waals surface area contributed by atoms with Crippen molar-refractivity contribution in [1.82, 2.24) is 5.32 Å². The third kappa shape index (κ3) is 3.89. The fraction of sp³-hybridized carbons (Fsp3) is 0.500. The van der Waals surface area contributed by atoms with Crippen LogP contribution >= 0.6 is 0 Å². The highest BCUT2D eigenvalue weighted by atomic mass is 16.5. The summed E-state index contributed by atoms with van der Waals surface area (Å²) in [5, 5.41) is 11.8. The van der Waals surface area contributed by atoms with Gasteiger partial charge in [0.25, 0.3) is 5.91 Å². The number of fused-ring (bicyclic) bond motifs is 1. The number of nitriles is 1. The van der Waals surface area contributed by atoms with Crippen LogP contribution in [0.15, 0.2) is 18.2 Å². The molecule has 23 heavy (non-hydrogen) atoms. The Bertz CT molecular complexity index is 661. The summed E-state index contributed by atoms with van der Waals surface area (Å²) in [5.74, 6) is -1.04. The molecule has 1 aliphatic rings. The summed E-state index contributed by atoms with van der Waals surface area (Å²) in [7, 11) is 0. The van der Waals surface area contributed by atoms with Crippen molar-refractivity contribution in [2.24, 2.45) is 5.92 Å². The highest BCUT2D eigenvalue weighted by molar-refractivity contribution is 5.91. The number of nitrogens with zero attached hydrogens (tertiary/aromatic N) is 1. The van der Waals surface area contributed by atoms with Gasteiger partial charge in [-0.25, -0.2) is 4.79 Å². The van der Waals surface area contributed by atoms with Crippen LogP contribution < -0.4 is 5.32 Å². The van der Waals surface area contributed by atoms with E-state index in [0.29, 0.717) is 5.56 Å². The molecule has 0 bridgehead atoms. The Kier molecular flexibility index (Phi) is 5.05. The van der Waals surface area contributed by atoms with Gasteiger partial charge in [-0.05, 0) is 55.4 Å². The third-order valence-electron chi connectivity index (χ3n) is 4.45. The van der Waals surface area contributed by atoms with Crippen molar-refractivity contribution < 1.29 is 14.3 Å². The molecule has 122 valence electrons. The zero-order chi connectivity index (χ0) is 17.0. The number of amides is 1. The van der Waals surface area contributed by atoms with Crippen molar-refractivity contribution in [3.63, 3.8) is 0 Å². The van der Waals surface area contributed by atoms with E-state index in [1.165, 1.54) is 11.1 Å². The van der Waals surface area contributed by atoms with Crippen LogP contribution in [-0.4, -0.2) is 24.0 Å². The molecule has 0 aromatic heterocycles. The van der Waals surface area contributed by atoms with E-state index in [9.17, 15) is 14.9 Å². The summed E-state index contributed by atoms with van der Waals surface area (Å²) in [5.41, 5.74) is 1.95. The number of hydrogen-bond acceptors (Lipinski definition) is 4. The molecule has 0 saturated carbocycles. The van der Waals surface area contributed by atoms with E-state index < -0.39 is 17.4 Å². The maximum Gasteiger partial charge on any atom is 0.338 e. The van der Waals surface area contributed by atoms with Crippen molar-refractivity contribution in [3.8, 4) is 6.07 Å². The van der Waals surface area contributed by atoms with Crippen LogP contribution in [0.2, 0.25) is 0 Å². The predicted molar refractivity (Wildman–Crippen MR) is 85.7 cm³/mol. The number of carbonyl (C=O) groups excluding carboxylic acids is 2. The molecule has 0 saturated heterocycles. The number of rotatable bonds is 5. The van der Waals surface area contributed by atoms with E-state index in [1.807, 2.05) is 26.0 Å². The Morgan fingerprint density at radius 1 is 1.35 bits per heavy atom. The van der Waals surface area contributed by atoms with Crippen LogP contribution in [0, 0.1) is 17.2 Å². The maximum atomic E-state index is 12.1. The first kappa shape index (κ1) is 17.0. The number of carbonyl (C=O) groups is 2. The highest BCUT2D eigenvalue weighted by Gasteiger charge is 2.30. The van der Waals surface area contributed by atoms with Crippen LogP contribution in [0.5, 0.6) is 0 Å². The van der Waals surface area contributed by atoms with Crippen LogP contribution in [0.25, 0.3) is 0 Å². The number of ether oxygens (including phenoxy) is 1. The zero-order valence-electron chi connectivity index (χ0n) is 13.8. The van der Waals surface area contributed by atoms with Gasteiger partial charge in [0, 0.05) is 0 Å². The molecule has 5 heteroatoms. The summed E-state index contributed by atoms with van der Waals surface area (Å²) in [4.78, 5) is 24.0. The number of hydrogen-bond donors (Lipinski definition) is 1. The normalized spacial score (nSPS) is 15.4. The van der Waals surface area contributed by atoms with Crippen LogP contribution in [0.1, 0.15) is 48.7 Å². The molecule has 2 rings (SSSR count). The Hall–Kier alpha value is -2.35. The number of nitrogens with one attached hydrogen (secondary N) is 1. The monoisotopic (exact) mass is 314 g/mol. The molecule has 0 fully saturated rings. The summed E-state index contributed by atoms with van der Waals surface area (Å²) in [6.07, 6.45) is 3.14. The van der Waals surface area contributed by atoms with E-state index in [0.717, 1.165) is 19.3 Å². The lowest BCUT2D eigenvalue weighted by Crippen LogP contribution is -2.50. The summed E-state index contributed by atoms with van der Waals surface area (Å²) >= 11 is 0. The molecule has 0 unspecified atom stereocenters. The van der Waals surface area contributed by atoms with Crippen molar-refractivity contribution in [2.75, 3.05) is 6.61 Å². The molecule has 0 aliphatic heterocycles. The number of esters is 1. The molecule has 1 aromatic rings. The van der Waals surface area contributed by atoms with Gasteiger partial charge in [-0.2, -0.15) is 5.26 Å². The average Bonchev–Trinajstić information content (AvgIpc) is 2.99. The van der Waals surface area contributed by atoms with E-state index in [4.69, 9.17) is 4.74 Å². The smallest absolute Gasteiger partial charge is 0.338 e. The van der Waals surface area contributed by atoms with Gasteiger partial charge in [0.2, 0.25) is 0 Å². The number of benzene rings is 1. The third-order valence-corrected chi connectivity index (χ3v) is 4.45. The summed E-state index contributed by atoms with van der Waals surface area (Å²) < 4.78 is 5.06. The van der Waals surface area contributed by atoms with Crippen molar-refractivity contribution in [2.45, 2.75) is 45.6 Å². The molecule has 1 atom stereocenters. The van der Waals surface area contributed by atoms with Gasteiger partial charge < -0.3 is 10.1 Å². The summed E-state index contributed by atoms with van der Waals surface area (Å²) in [6.45, 7) is 4.96. The minimum absolute atomic E-state index is 0.0520. The van der Waals surface area contributed by atoms with Gasteiger partial charge in [-0.15, -0.1) is 0 Å². The minimum Gasteiger partial charge on any atom is -0.452 e. The zero-order valence-corrected chi connectivity index (χ0v) is 13.8. The molecule has 0 heterocycles. The van der Waals surface area contributed by atoms with Crippen LogP contribution in [-0.2, 0) is 22.4 Å². The van der Waals surface area contributed by atoms with Gasteiger partial charge >= 0.3 is 5.97 Å². The standard InChI is InChI=1S/C18H22N2O3/c1-12(2)18(3,11-19)20-16(21)10-23-17(22)15-8-7-13-5-4-6-14(13)9-15/h7-9,12H,4-6,10H2,1-3H3,(H,20,21)/t18-/m0/s1. The fourth-order valence-electron chi connectivity index (χ4n) is 2.54. The largest absolute Gasteiger partial charge is 0.452 e. The van der Waals surface area contributed by atoms with Gasteiger partial charge in [-0.3, -0.25) is 4.79 Å². The first-order chi connectivity index (χ1) is 10.9. The Morgan fingerprint density at radius 2 is 2.04 bits per heavy atom.